The molecule has 0 amide bonds. The first-order chi connectivity index (χ1) is 5.81. The molecule has 0 unspecified atom stereocenters. The summed E-state index contributed by atoms with van der Waals surface area (Å²) in [7, 11) is 0. The zero-order chi connectivity index (χ0) is 8.44. The Labute approximate surface area is 71.8 Å². The second kappa shape index (κ2) is 2.84. The molecule has 12 heavy (non-hydrogen) atoms. The average molecular weight is 165 g/mol. The Hall–Kier alpha value is -0.930. The van der Waals surface area contributed by atoms with Gasteiger partial charge in [-0.3, -0.25) is 0 Å². The fourth-order valence-corrected chi connectivity index (χ4v) is 1.69. The van der Waals surface area contributed by atoms with Gasteiger partial charge in [-0.1, -0.05) is 6.07 Å². The highest BCUT2D eigenvalue weighted by molar-refractivity contribution is 5.31. The van der Waals surface area contributed by atoms with E-state index < -0.39 is 0 Å². The van der Waals surface area contributed by atoms with Crippen LogP contribution in [0.1, 0.15) is 12.8 Å². The van der Waals surface area contributed by atoms with Crippen molar-refractivity contribution in [2.75, 3.05) is 13.1 Å². The monoisotopic (exact) mass is 165 g/mol. The van der Waals surface area contributed by atoms with Crippen LogP contribution >= 0.6 is 0 Å². The molecule has 1 aliphatic rings. The molecule has 1 aromatic heterocycles. The van der Waals surface area contributed by atoms with Crippen LogP contribution in [0.5, 0.6) is 0 Å². The van der Waals surface area contributed by atoms with Gasteiger partial charge in [-0.2, -0.15) is 0 Å². The first-order valence-corrected chi connectivity index (χ1v) is 4.33. The van der Waals surface area contributed by atoms with Crippen LogP contribution in [0, 0.1) is 0 Å². The fourth-order valence-electron chi connectivity index (χ4n) is 1.69. The molecule has 64 valence electrons. The maximum absolute atomic E-state index is 10.0. The largest absolute Gasteiger partial charge is 0.260 e. The molecule has 0 aliphatic carbocycles. The molecule has 0 aromatic carbocycles. The van der Waals surface area contributed by atoms with Crippen molar-refractivity contribution in [3.05, 3.63) is 24.4 Å². The predicted molar refractivity (Wildman–Crippen MR) is 46.8 cm³/mol. The molecule has 2 heterocycles. The minimum atomic E-state index is 0.0286. The first-order valence-electron chi connectivity index (χ1n) is 4.33. The molecular formula is C9H13N2O+. The van der Waals surface area contributed by atoms with Gasteiger partial charge in [0.2, 0.25) is 0 Å². The molecule has 3 heteroatoms. The number of hydroxylamine groups is 2. The second-order valence-corrected chi connectivity index (χ2v) is 3.26. The highest BCUT2D eigenvalue weighted by Crippen LogP contribution is 2.23. The molecule has 3 nitrogen and oxygen atoms in total. The lowest BCUT2D eigenvalue weighted by Gasteiger charge is -2.21. The number of rotatable bonds is 1. The van der Waals surface area contributed by atoms with Crippen molar-refractivity contribution in [2.45, 2.75) is 12.8 Å². The van der Waals surface area contributed by atoms with Gasteiger partial charge in [0, 0.05) is 25.1 Å². The molecule has 0 bridgehead atoms. The highest BCUT2D eigenvalue weighted by atomic mass is 16.5. The van der Waals surface area contributed by atoms with Crippen LogP contribution in [-0.2, 0) is 0 Å². The van der Waals surface area contributed by atoms with E-state index in [4.69, 9.17) is 0 Å². The molecule has 2 rings (SSSR count). The Bertz CT molecular complexity index is 254. The summed E-state index contributed by atoms with van der Waals surface area (Å²) in [6.45, 7) is 1.61. The zero-order valence-electron chi connectivity index (χ0n) is 6.98. The maximum Gasteiger partial charge on any atom is 0.260 e. The summed E-state index contributed by atoms with van der Waals surface area (Å²) in [6, 6.07) is 5.66. The van der Waals surface area contributed by atoms with Crippen molar-refractivity contribution < 1.29 is 5.21 Å². The summed E-state index contributed by atoms with van der Waals surface area (Å²) in [6.07, 6.45) is 3.91. The van der Waals surface area contributed by atoms with Crippen molar-refractivity contribution in [3.8, 4) is 0 Å². The molecule has 0 spiro atoms. The minimum absolute atomic E-state index is 0.0286. The Kier molecular flexibility index (Phi) is 1.83. The fraction of sp³-hybridized carbons (Fsp3) is 0.444. The van der Waals surface area contributed by atoms with E-state index in [9.17, 15) is 5.21 Å². The van der Waals surface area contributed by atoms with Crippen molar-refractivity contribution in [1.29, 1.82) is 0 Å². The summed E-state index contributed by atoms with van der Waals surface area (Å²) in [5.74, 6) is 0.773. The van der Waals surface area contributed by atoms with Crippen molar-refractivity contribution >= 4 is 5.82 Å². The third kappa shape index (κ3) is 1.21. The number of aromatic nitrogens is 1. The van der Waals surface area contributed by atoms with Crippen LogP contribution in [0.4, 0.5) is 5.82 Å². The molecule has 1 aromatic rings. The van der Waals surface area contributed by atoms with Gasteiger partial charge < -0.3 is 0 Å². The van der Waals surface area contributed by atoms with E-state index in [-0.39, 0.29) is 4.65 Å². The van der Waals surface area contributed by atoms with Gasteiger partial charge in [-0.05, 0) is 6.07 Å². The third-order valence-electron chi connectivity index (χ3n) is 2.38. The van der Waals surface area contributed by atoms with Gasteiger partial charge in [-0.15, -0.1) is 4.65 Å². The molecule has 0 radical (unpaired) electrons. The van der Waals surface area contributed by atoms with Crippen LogP contribution in [0.25, 0.3) is 0 Å². The van der Waals surface area contributed by atoms with Gasteiger partial charge in [0.05, 0.1) is 0 Å². The topological polar surface area (TPSA) is 33.1 Å². The van der Waals surface area contributed by atoms with Gasteiger partial charge in [0.25, 0.3) is 5.82 Å². The molecule has 0 atom stereocenters. The summed E-state index contributed by atoms with van der Waals surface area (Å²) in [5.41, 5.74) is 0. The Morgan fingerprint density at radius 2 is 2.00 bits per heavy atom. The molecule has 1 N–H and O–H groups in total. The van der Waals surface area contributed by atoms with Crippen LogP contribution < -0.4 is 4.65 Å². The number of hydrogen-bond donors (Lipinski definition) is 1. The smallest absolute Gasteiger partial charge is 0.210 e. The Balaban J connectivity index is 2.29. The van der Waals surface area contributed by atoms with Gasteiger partial charge in [-0.25, -0.2) is 10.2 Å². The predicted octanol–water partition coefficient (Wildman–Crippen LogP) is 1.57. The van der Waals surface area contributed by atoms with Gasteiger partial charge in [0.15, 0.2) is 0 Å². The van der Waals surface area contributed by atoms with Crippen LogP contribution in [0.2, 0.25) is 0 Å². The molecule has 1 saturated heterocycles. The van der Waals surface area contributed by atoms with Crippen LogP contribution in [0.3, 0.4) is 0 Å². The van der Waals surface area contributed by atoms with Crippen LogP contribution in [0.15, 0.2) is 24.4 Å². The van der Waals surface area contributed by atoms with E-state index >= 15 is 0 Å². The first kappa shape index (κ1) is 7.71. The minimum Gasteiger partial charge on any atom is -0.210 e. The lowest BCUT2D eigenvalue weighted by atomic mass is 10.4. The van der Waals surface area contributed by atoms with E-state index in [2.05, 4.69) is 4.98 Å². The SMILES string of the molecule is O[N+]1(c2ccccn2)CCCC1. The quantitative estimate of drug-likeness (QED) is 0.641. The van der Waals surface area contributed by atoms with Gasteiger partial charge in [0.1, 0.15) is 13.1 Å². The Morgan fingerprint density at radius 3 is 2.58 bits per heavy atom. The number of pyridine rings is 1. The number of hydrogen-bond acceptors (Lipinski definition) is 2. The zero-order valence-corrected chi connectivity index (χ0v) is 6.98. The number of nitrogens with zero attached hydrogens (tertiary/aromatic N) is 2. The highest BCUT2D eigenvalue weighted by Gasteiger charge is 2.34. The third-order valence-corrected chi connectivity index (χ3v) is 2.38. The normalized spacial score (nSPS) is 21.1. The molecule has 0 saturated carbocycles. The molecule has 1 aliphatic heterocycles. The van der Waals surface area contributed by atoms with Gasteiger partial charge >= 0.3 is 0 Å². The average Bonchev–Trinajstić information content (AvgIpc) is 2.55. The summed E-state index contributed by atoms with van der Waals surface area (Å²) >= 11 is 0. The summed E-state index contributed by atoms with van der Waals surface area (Å²) in [4.78, 5) is 4.15. The van der Waals surface area contributed by atoms with Crippen molar-refractivity contribution in [1.82, 2.24) is 9.63 Å². The second-order valence-electron chi connectivity index (χ2n) is 3.26. The summed E-state index contributed by atoms with van der Waals surface area (Å²) in [5, 5.41) is 10.0. The van der Waals surface area contributed by atoms with E-state index in [1.807, 2.05) is 18.2 Å². The standard InChI is InChI=1S/C9H13N2O/c12-11(7-3-4-8-11)9-5-1-2-6-10-9/h1-2,5-6,12H,3-4,7-8H2/q+1. The molecular weight excluding hydrogens is 152 g/mol. The van der Waals surface area contributed by atoms with E-state index in [1.165, 1.54) is 0 Å². The maximum atomic E-state index is 10.0. The van der Waals surface area contributed by atoms with Crippen molar-refractivity contribution in [2.24, 2.45) is 0 Å². The Morgan fingerprint density at radius 1 is 1.25 bits per heavy atom. The van der Waals surface area contributed by atoms with Crippen LogP contribution in [-0.4, -0.2) is 23.3 Å². The van der Waals surface area contributed by atoms with E-state index in [0.717, 1.165) is 31.7 Å². The van der Waals surface area contributed by atoms with Crippen molar-refractivity contribution in [3.63, 3.8) is 0 Å². The van der Waals surface area contributed by atoms with E-state index in [1.54, 1.807) is 6.20 Å². The number of quaternary nitrogens is 1. The molecule has 1 fully saturated rings. The van der Waals surface area contributed by atoms with E-state index in [0.29, 0.717) is 0 Å². The lowest BCUT2D eigenvalue weighted by molar-refractivity contribution is -0.0611. The lowest BCUT2D eigenvalue weighted by Crippen LogP contribution is -2.43. The summed E-state index contributed by atoms with van der Waals surface area (Å²) < 4.78 is 0.0286.